The van der Waals surface area contributed by atoms with Gasteiger partial charge in [0, 0.05) is 23.1 Å². The van der Waals surface area contributed by atoms with E-state index in [0.29, 0.717) is 17.9 Å². The second-order valence-electron chi connectivity index (χ2n) is 5.80. The van der Waals surface area contributed by atoms with Gasteiger partial charge in [0.2, 0.25) is 0 Å². The fourth-order valence-electron chi connectivity index (χ4n) is 2.73. The molecule has 0 unspecified atom stereocenters. The predicted molar refractivity (Wildman–Crippen MR) is 71.8 cm³/mol. The Hall–Kier alpha value is -1.09. The van der Waals surface area contributed by atoms with Crippen molar-refractivity contribution in [2.75, 3.05) is 13.7 Å². The van der Waals surface area contributed by atoms with Gasteiger partial charge < -0.3 is 10.5 Å². The first-order valence-electron chi connectivity index (χ1n) is 6.43. The number of halogens is 1. The minimum Gasteiger partial charge on any atom is -0.496 e. The van der Waals surface area contributed by atoms with E-state index in [4.69, 9.17) is 10.5 Å². The molecule has 0 spiro atoms. The Bertz CT molecular complexity index is 458. The molecule has 0 heterocycles. The molecule has 0 amide bonds. The fourth-order valence-corrected chi connectivity index (χ4v) is 2.73. The second-order valence-corrected chi connectivity index (χ2v) is 5.80. The van der Waals surface area contributed by atoms with Crippen molar-refractivity contribution in [3.63, 3.8) is 0 Å². The molecular formula is C15H22FNO. The molecule has 0 aliphatic heterocycles. The van der Waals surface area contributed by atoms with Crippen molar-refractivity contribution in [3.8, 4) is 5.75 Å². The molecule has 2 rings (SSSR count). The number of alkyl halides is 1. The molecular weight excluding hydrogens is 229 g/mol. The summed E-state index contributed by atoms with van der Waals surface area (Å²) in [5, 5.41) is 0. The zero-order valence-corrected chi connectivity index (χ0v) is 11.6. The third-order valence-electron chi connectivity index (χ3n) is 3.99. The topological polar surface area (TPSA) is 35.2 Å². The summed E-state index contributed by atoms with van der Waals surface area (Å²) >= 11 is 0. The van der Waals surface area contributed by atoms with Gasteiger partial charge in [-0.25, -0.2) is 4.39 Å². The van der Waals surface area contributed by atoms with E-state index in [1.165, 1.54) is 0 Å². The Labute approximate surface area is 108 Å². The third kappa shape index (κ3) is 2.01. The van der Waals surface area contributed by atoms with Gasteiger partial charge in [0.05, 0.1) is 7.11 Å². The number of hydrogen-bond acceptors (Lipinski definition) is 2. The van der Waals surface area contributed by atoms with Crippen LogP contribution in [0.15, 0.2) is 12.1 Å². The van der Waals surface area contributed by atoms with Crippen LogP contribution in [-0.2, 0) is 11.1 Å². The van der Waals surface area contributed by atoms with Crippen molar-refractivity contribution >= 4 is 0 Å². The van der Waals surface area contributed by atoms with Gasteiger partial charge >= 0.3 is 0 Å². The highest BCUT2D eigenvalue weighted by Crippen LogP contribution is 2.53. The van der Waals surface area contributed by atoms with Crippen LogP contribution in [0.1, 0.15) is 43.4 Å². The Morgan fingerprint density at radius 3 is 2.39 bits per heavy atom. The first-order chi connectivity index (χ1) is 8.35. The molecule has 2 N–H and O–H groups in total. The van der Waals surface area contributed by atoms with E-state index < -0.39 is 5.67 Å². The van der Waals surface area contributed by atoms with Crippen LogP contribution in [0.25, 0.3) is 0 Å². The third-order valence-corrected chi connectivity index (χ3v) is 3.99. The molecule has 1 aliphatic rings. The number of rotatable bonds is 4. The van der Waals surface area contributed by atoms with Gasteiger partial charge in [0.15, 0.2) is 0 Å². The van der Waals surface area contributed by atoms with Crippen molar-refractivity contribution in [3.05, 3.63) is 28.8 Å². The number of aryl methyl sites for hydroxylation is 1. The van der Waals surface area contributed by atoms with Gasteiger partial charge in [0.25, 0.3) is 0 Å². The van der Waals surface area contributed by atoms with Crippen LogP contribution in [0.5, 0.6) is 5.75 Å². The fraction of sp³-hybridized carbons (Fsp3) is 0.600. The summed E-state index contributed by atoms with van der Waals surface area (Å²) in [5.41, 5.74) is 7.37. The van der Waals surface area contributed by atoms with Crippen molar-refractivity contribution in [2.45, 2.75) is 44.7 Å². The van der Waals surface area contributed by atoms with E-state index in [-0.39, 0.29) is 5.41 Å². The summed E-state index contributed by atoms with van der Waals surface area (Å²) in [4.78, 5) is 0. The number of nitrogens with two attached hydrogens (primary N) is 1. The number of methoxy groups -OCH3 is 1. The summed E-state index contributed by atoms with van der Waals surface area (Å²) in [6.45, 7) is 5.76. The molecule has 0 aromatic heterocycles. The smallest absolute Gasteiger partial charge is 0.134 e. The van der Waals surface area contributed by atoms with Crippen molar-refractivity contribution in [2.24, 2.45) is 5.73 Å². The van der Waals surface area contributed by atoms with Gasteiger partial charge in [-0.3, -0.25) is 0 Å². The Balaban J connectivity index is 2.65. The largest absolute Gasteiger partial charge is 0.496 e. The van der Waals surface area contributed by atoms with Gasteiger partial charge in [-0.15, -0.1) is 0 Å². The number of ether oxygens (including phenoxy) is 1. The lowest BCUT2D eigenvalue weighted by molar-refractivity contribution is 0.212. The van der Waals surface area contributed by atoms with Gasteiger partial charge in [0.1, 0.15) is 11.4 Å². The minimum atomic E-state index is -1.40. The van der Waals surface area contributed by atoms with E-state index in [1.54, 1.807) is 21.0 Å². The quantitative estimate of drug-likeness (QED) is 0.892. The lowest BCUT2D eigenvalue weighted by atomic mass is 9.86. The zero-order chi connectivity index (χ0) is 13.6. The number of benzene rings is 1. The normalized spacial score (nSPS) is 17.7. The summed E-state index contributed by atoms with van der Waals surface area (Å²) in [5.74, 6) is 0.686. The van der Waals surface area contributed by atoms with E-state index in [9.17, 15) is 4.39 Å². The van der Waals surface area contributed by atoms with Crippen LogP contribution in [0, 0.1) is 6.92 Å². The van der Waals surface area contributed by atoms with Crippen molar-refractivity contribution in [1.29, 1.82) is 0 Å². The molecule has 100 valence electrons. The SMILES string of the molecule is COc1c(C(C)(C)F)ccc(C)c1C1(CN)CC1. The van der Waals surface area contributed by atoms with Gasteiger partial charge in [-0.1, -0.05) is 12.1 Å². The molecule has 1 aromatic carbocycles. The van der Waals surface area contributed by atoms with Crippen molar-refractivity contribution in [1.82, 2.24) is 0 Å². The van der Waals surface area contributed by atoms with E-state index >= 15 is 0 Å². The Morgan fingerprint density at radius 2 is 2.00 bits per heavy atom. The summed E-state index contributed by atoms with van der Waals surface area (Å²) in [6.07, 6.45) is 2.13. The van der Waals surface area contributed by atoms with E-state index in [0.717, 1.165) is 24.0 Å². The summed E-state index contributed by atoms with van der Waals surface area (Å²) < 4.78 is 19.8. The maximum absolute atomic E-state index is 14.3. The molecule has 0 saturated heterocycles. The van der Waals surface area contributed by atoms with E-state index in [1.807, 2.05) is 19.1 Å². The highest BCUT2D eigenvalue weighted by Gasteiger charge is 2.47. The Morgan fingerprint density at radius 1 is 1.39 bits per heavy atom. The summed E-state index contributed by atoms with van der Waals surface area (Å²) in [7, 11) is 1.61. The number of hydrogen-bond donors (Lipinski definition) is 1. The molecule has 0 atom stereocenters. The van der Waals surface area contributed by atoms with Gasteiger partial charge in [-0.05, 0) is 39.2 Å². The molecule has 0 bridgehead atoms. The van der Waals surface area contributed by atoms with Crippen LogP contribution in [-0.4, -0.2) is 13.7 Å². The maximum atomic E-state index is 14.3. The first-order valence-corrected chi connectivity index (χ1v) is 6.43. The Kier molecular flexibility index (Phi) is 3.14. The highest BCUT2D eigenvalue weighted by molar-refractivity contribution is 5.54. The maximum Gasteiger partial charge on any atom is 0.134 e. The molecule has 1 aliphatic carbocycles. The highest BCUT2D eigenvalue weighted by atomic mass is 19.1. The molecule has 0 radical (unpaired) electrons. The molecule has 1 fully saturated rings. The monoisotopic (exact) mass is 251 g/mol. The standard InChI is InChI=1S/C15H22FNO/c1-10-5-6-11(14(2,3)16)13(18-4)12(10)15(9-17)7-8-15/h5-6H,7-9,17H2,1-4H3. The van der Waals surface area contributed by atoms with Crippen LogP contribution in [0.4, 0.5) is 4.39 Å². The second kappa shape index (κ2) is 4.23. The lowest BCUT2D eigenvalue weighted by Gasteiger charge is -2.26. The average Bonchev–Trinajstić information content (AvgIpc) is 3.07. The molecule has 1 aromatic rings. The molecule has 3 heteroatoms. The molecule has 18 heavy (non-hydrogen) atoms. The van der Waals surface area contributed by atoms with Crippen molar-refractivity contribution < 1.29 is 9.13 Å². The molecule has 1 saturated carbocycles. The predicted octanol–water partition coefficient (Wildman–Crippen LogP) is 3.20. The van der Waals surface area contributed by atoms with Crippen LogP contribution < -0.4 is 10.5 Å². The van der Waals surface area contributed by atoms with Crippen LogP contribution in [0.2, 0.25) is 0 Å². The zero-order valence-electron chi connectivity index (χ0n) is 11.6. The van der Waals surface area contributed by atoms with Crippen LogP contribution >= 0.6 is 0 Å². The average molecular weight is 251 g/mol. The van der Waals surface area contributed by atoms with Crippen LogP contribution in [0.3, 0.4) is 0 Å². The lowest BCUT2D eigenvalue weighted by Crippen LogP contribution is -2.23. The first kappa shape index (κ1) is 13.3. The minimum absolute atomic E-state index is 0.0106. The van der Waals surface area contributed by atoms with Gasteiger partial charge in [-0.2, -0.15) is 0 Å². The molecule has 2 nitrogen and oxygen atoms in total. The summed E-state index contributed by atoms with van der Waals surface area (Å²) in [6, 6.07) is 3.80. The van der Waals surface area contributed by atoms with E-state index in [2.05, 4.69) is 0 Å².